The van der Waals surface area contributed by atoms with Crippen LogP contribution in [0.15, 0.2) is 46.6 Å². The minimum Gasteiger partial charge on any atom is -0.611 e. The standard InChI is InChI=1S/C24H33FN4O3S/c1-27-14-11-22(26-31)21-10-17-29(23(21)24(27)30)13-3-2-12-28-15-8-20(9-16-28)33(32)19-6-4-18(25)5-7-19/h4-7,10,17,20-21,23,31H,2-3,8-9,11-16H2,1H3/b26-22-. The average molecular weight is 477 g/mol. The molecule has 0 radical (unpaired) electrons. The van der Waals surface area contributed by atoms with Crippen LogP contribution in [0.1, 0.15) is 32.1 Å². The van der Waals surface area contributed by atoms with Crippen molar-refractivity contribution < 1.29 is 18.9 Å². The molecule has 3 atom stereocenters. The van der Waals surface area contributed by atoms with Gasteiger partial charge in [0.05, 0.1) is 5.71 Å². The molecule has 1 aromatic rings. The number of likely N-dealkylation sites (tertiary alicyclic amines) is 2. The maximum absolute atomic E-state index is 13.1. The summed E-state index contributed by atoms with van der Waals surface area (Å²) in [7, 11) is 1.81. The van der Waals surface area contributed by atoms with E-state index < -0.39 is 11.2 Å². The number of rotatable bonds is 7. The number of unbranched alkanes of at least 4 members (excludes halogenated alkanes) is 1. The SMILES string of the molecule is CN1CC/C(=N/O)C2C=CN(CCCCN3CCC([S+]([O-])c4ccc(F)cc4)CC3)C2C1=O. The topological polar surface area (TPSA) is 82.4 Å². The molecule has 0 aliphatic carbocycles. The normalized spacial score (nSPS) is 26.6. The van der Waals surface area contributed by atoms with Gasteiger partial charge in [0.1, 0.15) is 17.1 Å². The smallest absolute Gasteiger partial charge is 0.246 e. The second-order valence-corrected chi connectivity index (χ2v) is 10.9. The highest BCUT2D eigenvalue weighted by atomic mass is 32.2. The van der Waals surface area contributed by atoms with Crippen molar-refractivity contribution in [1.29, 1.82) is 0 Å². The van der Waals surface area contributed by atoms with Gasteiger partial charge in [0.25, 0.3) is 0 Å². The Kier molecular flexibility index (Phi) is 7.93. The zero-order chi connectivity index (χ0) is 23.4. The Morgan fingerprint density at radius 2 is 1.85 bits per heavy atom. The average Bonchev–Trinajstić information content (AvgIpc) is 3.20. The van der Waals surface area contributed by atoms with Gasteiger partial charge in [0, 0.05) is 58.4 Å². The molecule has 1 N–H and O–H groups in total. The highest BCUT2D eigenvalue weighted by Gasteiger charge is 2.41. The van der Waals surface area contributed by atoms with Crippen LogP contribution in [0.3, 0.4) is 0 Å². The minimum atomic E-state index is -1.09. The van der Waals surface area contributed by atoms with E-state index in [1.807, 2.05) is 19.3 Å². The van der Waals surface area contributed by atoms with Gasteiger partial charge in [-0.2, -0.15) is 0 Å². The molecule has 3 aliphatic heterocycles. The Labute approximate surface area is 198 Å². The number of carbonyl (C=O) groups is 1. The van der Waals surface area contributed by atoms with Crippen molar-refractivity contribution in [2.45, 2.75) is 48.3 Å². The second-order valence-electron chi connectivity index (χ2n) is 9.15. The second kappa shape index (κ2) is 10.9. The van der Waals surface area contributed by atoms with Crippen molar-refractivity contribution in [2.75, 3.05) is 39.8 Å². The maximum atomic E-state index is 13.1. The molecule has 3 unspecified atom stereocenters. The van der Waals surface area contributed by atoms with Gasteiger partial charge in [-0.1, -0.05) is 11.2 Å². The van der Waals surface area contributed by atoms with Crippen molar-refractivity contribution in [3.63, 3.8) is 0 Å². The number of hydrogen-bond donors (Lipinski definition) is 1. The predicted molar refractivity (Wildman–Crippen MR) is 126 cm³/mol. The molecule has 0 saturated carbocycles. The summed E-state index contributed by atoms with van der Waals surface area (Å²) in [6, 6.07) is 5.69. The lowest BCUT2D eigenvalue weighted by molar-refractivity contribution is -0.134. The van der Waals surface area contributed by atoms with Gasteiger partial charge in [-0.3, -0.25) is 4.79 Å². The Hall–Kier alpha value is -2.10. The third-order valence-electron chi connectivity index (χ3n) is 7.05. The molecule has 0 aromatic heterocycles. The maximum Gasteiger partial charge on any atom is 0.246 e. The molecule has 9 heteroatoms. The summed E-state index contributed by atoms with van der Waals surface area (Å²) in [4.78, 5) is 19.8. The summed E-state index contributed by atoms with van der Waals surface area (Å²) in [5.74, 6) is -0.365. The number of carbonyl (C=O) groups excluding carboxylic acids is 1. The van der Waals surface area contributed by atoms with E-state index in [1.165, 1.54) is 12.1 Å². The molecule has 1 aromatic carbocycles. The number of hydrogen-bond acceptors (Lipinski definition) is 6. The first-order valence-electron chi connectivity index (χ1n) is 11.8. The van der Waals surface area contributed by atoms with Crippen LogP contribution in [0.5, 0.6) is 0 Å². The van der Waals surface area contributed by atoms with E-state index in [1.54, 1.807) is 17.0 Å². The molecule has 3 aliphatic rings. The zero-order valence-corrected chi connectivity index (χ0v) is 19.9. The number of fused-ring (bicyclic) bond motifs is 1. The molecule has 2 fully saturated rings. The molecule has 7 nitrogen and oxygen atoms in total. The van der Waals surface area contributed by atoms with E-state index in [0.29, 0.717) is 23.6 Å². The summed E-state index contributed by atoms with van der Waals surface area (Å²) in [5, 5.41) is 13.0. The summed E-state index contributed by atoms with van der Waals surface area (Å²) in [6.07, 6.45) is 8.33. The van der Waals surface area contributed by atoms with Crippen LogP contribution < -0.4 is 0 Å². The third-order valence-corrected chi connectivity index (χ3v) is 8.87. The van der Waals surface area contributed by atoms with Gasteiger partial charge in [-0.15, -0.1) is 0 Å². The lowest BCUT2D eigenvalue weighted by Gasteiger charge is -2.33. The number of likely N-dealkylation sites (N-methyl/N-ethyl adjacent to an activating group) is 1. The van der Waals surface area contributed by atoms with E-state index in [0.717, 1.165) is 51.9 Å². The molecule has 33 heavy (non-hydrogen) atoms. The fourth-order valence-corrected chi connectivity index (χ4v) is 6.48. The van der Waals surface area contributed by atoms with Crippen molar-refractivity contribution in [3.8, 4) is 0 Å². The van der Waals surface area contributed by atoms with Gasteiger partial charge >= 0.3 is 0 Å². The molecule has 0 spiro atoms. The predicted octanol–water partition coefficient (Wildman–Crippen LogP) is 2.68. The number of oxime groups is 1. The Bertz CT molecular complexity index is 873. The number of amides is 1. The molecule has 4 rings (SSSR count). The van der Waals surface area contributed by atoms with E-state index in [2.05, 4.69) is 15.0 Å². The monoisotopic (exact) mass is 476 g/mol. The summed E-state index contributed by atoms with van der Waals surface area (Å²) >= 11 is -1.09. The van der Waals surface area contributed by atoms with E-state index in [4.69, 9.17) is 0 Å². The quantitative estimate of drug-likeness (QED) is 0.283. The van der Waals surface area contributed by atoms with E-state index in [-0.39, 0.29) is 28.9 Å². The van der Waals surface area contributed by atoms with Crippen LogP contribution in [0.25, 0.3) is 0 Å². The van der Waals surface area contributed by atoms with Crippen molar-refractivity contribution in [3.05, 3.63) is 42.4 Å². The Morgan fingerprint density at radius 1 is 1.15 bits per heavy atom. The first kappa shape index (κ1) is 24.0. The molecule has 0 bridgehead atoms. The highest BCUT2D eigenvalue weighted by molar-refractivity contribution is 7.92. The number of benzene rings is 1. The van der Waals surface area contributed by atoms with Crippen LogP contribution in [-0.4, -0.2) is 87.1 Å². The first-order chi connectivity index (χ1) is 16.0. The van der Waals surface area contributed by atoms with Crippen LogP contribution in [-0.2, 0) is 16.0 Å². The van der Waals surface area contributed by atoms with Crippen molar-refractivity contribution in [2.24, 2.45) is 11.1 Å². The van der Waals surface area contributed by atoms with E-state index in [9.17, 15) is 18.9 Å². The number of nitrogens with zero attached hydrogens (tertiary/aromatic N) is 4. The van der Waals surface area contributed by atoms with Crippen LogP contribution >= 0.6 is 0 Å². The van der Waals surface area contributed by atoms with Crippen LogP contribution in [0, 0.1) is 11.7 Å². The van der Waals surface area contributed by atoms with Crippen LogP contribution in [0.2, 0.25) is 0 Å². The van der Waals surface area contributed by atoms with Gasteiger partial charge in [0.15, 0.2) is 4.90 Å². The van der Waals surface area contributed by atoms with Crippen LogP contribution in [0.4, 0.5) is 4.39 Å². The highest BCUT2D eigenvalue weighted by Crippen LogP contribution is 2.29. The Morgan fingerprint density at radius 3 is 2.55 bits per heavy atom. The largest absolute Gasteiger partial charge is 0.611 e. The fourth-order valence-electron chi connectivity index (χ4n) is 5.05. The van der Waals surface area contributed by atoms with Crippen molar-refractivity contribution in [1.82, 2.24) is 14.7 Å². The third kappa shape index (κ3) is 5.53. The summed E-state index contributed by atoms with van der Waals surface area (Å²) in [5.41, 5.74) is 0.678. The molecule has 180 valence electrons. The molecule has 2 saturated heterocycles. The van der Waals surface area contributed by atoms with Gasteiger partial charge in [0.2, 0.25) is 5.91 Å². The Balaban J connectivity index is 1.20. The van der Waals surface area contributed by atoms with Crippen molar-refractivity contribution >= 4 is 22.8 Å². The fraction of sp³-hybridized carbons (Fsp3) is 0.583. The molecule has 3 heterocycles. The number of halogens is 1. The minimum absolute atomic E-state index is 0.0832. The molecular weight excluding hydrogens is 443 g/mol. The van der Waals surface area contributed by atoms with E-state index >= 15 is 0 Å². The van der Waals surface area contributed by atoms with Gasteiger partial charge in [-0.05, 0) is 61.0 Å². The number of piperidine rings is 1. The summed E-state index contributed by atoms with van der Waals surface area (Å²) < 4.78 is 25.9. The lowest BCUT2D eigenvalue weighted by Crippen LogP contribution is -2.46. The van der Waals surface area contributed by atoms with Gasteiger partial charge < -0.3 is 24.5 Å². The van der Waals surface area contributed by atoms with Gasteiger partial charge in [-0.25, -0.2) is 4.39 Å². The molecular formula is C24H33FN4O3S. The zero-order valence-electron chi connectivity index (χ0n) is 19.1. The first-order valence-corrected chi connectivity index (χ1v) is 13.0. The molecule has 1 amide bonds. The summed E-state index contributed by atoms with van der Waals surface area (Å²) in [6.45, 7) is 4.20. The lowest BCUT2D eigenvalue weighted by atomic mass is 9.95.